The van der Waals surface area contributed by atoms with E-state index in [1.165, 1.54) is 25.3 Å². The van der Waals surface area contributed by atoms with Crippen LogP contribution in [0.3, 0.4) is 0 Å². The lowest BCUT2D eigenvalue weighted by Crippen LogP contribution is -2.41. The Balaban J connectivity index is 2.13. The van der Waals surface area contributed by atoms with E-state index in [-0.39, 0.29) is 16.1 Å². The van der Waals surface area contributed by atoms with E-state index in [1.54, 1.807) is 6.07 Å². The van der Waals surface area contributed by atoms with Gasteiger partial charge in [0.2, 0.25) is 0 Å². The van der Waals surface area contributed by atoms with Gasteiger partial charge in [0.1, 0.15) is 5.56 Å². The summed E-state index contributed by atoms with van der Waals surface area (Å²) >= 11 is 5.78. The predicted octanol–water partition coefficient (Wildman–Crippen LogP) is 2.73. The number of ether oxygens (including phenoxy) is 2. The zero-order valence-electron chi connectivity index (χ0n) is 14.4. The van der Waals surface area contributed by atoms with Crippen molar-refractivity contribution in [2.24, 2.45) is 0 Å². The first kappa shape index (κ1) is 20.0. The molecule has 0 fully saturated rings. The summed E-state index contributed by atoms with van der Waals surface area (Å²) in [5, 5.41) is 11.2. The Morgan fingerprint density at radius 1 is 1.11 bits per heavy atom. The van der Waals surface area contributed by atoms with Gasteiger partial charge in [0.15, 0.2) is 11.5 Å². The minimum absolute atomic E-state index is 0.147. The van der Waals surface area contributed by atoms with Gasteiger partial charge in [0.05, 0.1) is 18.6 Å². The molecule has 9 nitrogen and oxygen atoms in total. The van der Waals surface area contributed by atoms with Gasteiger partial charge in [0.25, 0.3) is 17.5 Å². The molecule has 0 atom stereocenters. The maximum absolute atomic E-state index is 12.2. The first-order chi connectivity index (χ1) is 12.9. The minimum atomic E-state index is -0.879. The lowest BCUT2D eigenvalue weighted by atomic mass is 10.1. The molecule has 27 heavy (non-hydrogen) atoms. The van der Waals surface area contributed by atoms with E-state index in [4.69, 9.17) is 21.1 Å². The number of benzene rings is 2. The number of amides is 2. The summed E-state index contributed by atoms with van der Waals surface area (Å²) in [4.78, 5) is 34.7. The summed E-state index contributed by atoms with van der Waals surface area (Å²) in [5.74, 6) is -0.707. The number of hydrogen-bond donors (Lipinski definition) is 2. The van der Waals surface area contributed by atoms with Gasteiger partial charge in [-0.1, -0.05) is 11.6 Å². The highest BCUT2D eigenvalue weighted by molar-refractivity contribution is 6.31. The molecule has 0 unspecified atom stereocenters. The quantitative estimate of drug-likeness (QED) is 0.575. The zero-order chi connectivity index (χ0) is 20.0. The molecule has 2 N–H and O–H groups in total. The third kappa shape index (κ3) is 4.85. The first-order valence-electron chi connectivity index (χ1n) is 7.72. The Hall–Kier alpha value is -3.33. The second-order valence-electron chi connectivity index (χ2n) is 5.13. The molecule has 0 radical (unpaired) electrons. The van der Waals surface area contributed by atoms with Crippen LogP contribution in [0.4, 0.5) is 5.69 Å². The van der Waals surface area contributed by atoms with Gasteiger partial charge in [-0.15, -0.1) is 0 Å². The third-order valence-corrected chi connectivity index (χ3v) is 3.65. The molecule has 0 bridgehead atoms. The van der Waals surface area contributed by atoms with Gasteiger partial charge in [-0.3, -0.25) is 30.6 Å². The number of halogens is 1. The highest BCUT2D eigenvalue weighted by atomic mass is 35.5. The fraction of sp³-hybridized carbons (Fsp3) is 0.176. The molecule has 0 aliphatic rings. The van der Waals surface area contributed by atoms with Crippen LogP contribution in [0.25, 0.3) is 0 Å². The maximum Gasteiger partial charge on any atom is 0.282 e. The van der Waals surface area contributed by atoms with Crippen LogP contribution < -0.4 is 20.3 Å². The van der Waals surface area contributed by atoms with E-state index in [2.05, 4.69) is 10.9 Å². The number of nitrogens with one attached hydrogen (secondary N) is 2. The van der Waals surface area contributed by atoms with Crippen LogP contribution in [-0.2, 0) is 0 Å². The number of carbonyl (C=O) groups excluding carboxylic acids is 2. The maximum atomic E-state index is 12.2. The Bertz CT molecular complexity index is 887. The SMILES string of the molecule is CCOc1ccc(C(=O)NNC(=O)c2cc(Cl)ccc2[N+](=O)[O-])cc1OC. The molecule has 0 saturated carbocycles. The molecule has 2 amide bonds. The highest BCUT2D eigenvalue weighted by Gasteiger charge is 2.21. The van der Waals surface area contributed by atoms with E-state index in [9.17, 15) is 19.7 Å². The lowest BCUT2D eigenvalue weighted by molar-refractivity contribution is -0.385. The molecule has 2 aromatic rings. The standard InChI is InChI=1S/C17H16ClN3O6/c1-3-27-14-7-4-10(8-15(14)26-2)16(22)19-20-17(23)12-9-11(18)5-6-13(12)21(24)25/h4-9H,3H2,1-2H3,(H,19,22)(H,20,23). The molecule has 0 aliphatic heterocycles. The number of hydrazine groups is 1. The fourth-order valence-corrected chi connectivity index (χ4v) is 2.36. The number of carbonyl (C=O) groups is 2. The number of methoxy groups -OCH3 is 1. The van der Waals surface area contributed by atoms with Crippen molar-refractivity contribution < 1.29 is 24.0 Å². The second kappa shape index (κ2) is 8.86. The van der Waals surface area contributed by atoms with Crippen molar-refractivity contribution in [2.45, 2.75) is 6.92 Å². The van der Waals surface area contributed by atoms with Gasteiger partial charge in [-0.05, 0) is 37.3 Å². The molecule has 2 aromatic carbocycles. The summed E-state index contributed by atoms with van der Waals surface area (Å²) in [7, 11) is 1.43. The van der Waals surface area contributed by atoms with Gasteiger partial charge >= 0.3 is 0 Å². The van der Waals surface area contributed by atoms with Gasteiger partial charge < -0.3 is 9.47 Å². The summed E-state index contributed by atoms with van der Waals surface area (Å²) in [6, 6.07) is 8.02. The largest absolute Gasteiger partial charge is 0.493 e. The van der Waals surface area contributed by atoms with Gasteiger partial charge in [-0.2, -0.15) is 0 Å². The average Bonchev–Trinajstić information content (AvgIpc) is 2.65. The van der Waals surface area contributed by atoms with Crippen molar-refractivity contribution >= 4 is 29.1 Å². The lowest BCUT2D eigenvalue weighted by Gasteiger charge is -2.12. The number of nitro benzene ring substituents is 1. The van der Waals surface area contributed by atoms with Crippen molar-refractivity contribution in [1.82, 2.24) is 10.9 Å². The molecule has 0 saturated heterocycles. The van der Waals surface area contributed by atoms with E-state index >= 15 is 0 Å². The predicted molar refractivity (Wildman–Crippen MR) is 97.2 cm³/mol. The van der Waals surface area contributed by atoms with Crippen LogP contribution in [0, 0.1) is 10.1 Å². The Labute approximate surface area is 159 Å². The molecule has 0 aromatic heterocycles. The number of nitro groups is 1. The van der Waals surface area contributed by atoms with Crippen molar-refractivity contribution in [1.29, 1.82) is 0 Å². The van der Waals surface area contributed by atoms with Crippen LogP contribution >= 0.6 is 11.6 Å². The average molecular weight is 394 g/mol. The van der Waals surface area contributed by atoms with Crippen LogP contribution in [0.1, 0.15) is 27.6 Å². The third-order valence-electron chi connectivity index (χ3n) is 3.42. The molecule has 0 spiro atoms. The van der Waals surface area contributed by atoms with Gasteiger partial charge in [-0.25, -0.2) is 0 Å². The highest BCUT2D eigenvalue weighted by Crippen LogP contribution is 2.28. The summed E-state index contributed by atoms with van der Waals surface area (Å²) in [5.41, 5.74) is 3.78. The normalized spacial score (nSPS) is 10.0. The first-order valence-corrected chi connectivity index (χ1v) is 8.10. The molecular weight excluding hydrogens is 378 g/mol. The Morgan fingerprint density at radius 2 is 1.81 bits per heavy atom. The minimum Gasteiger partial charge on any atom is -0.493 e. The number of rotatable bonds is 6. The topological polar surface area (TPSA) is 120 Å². The van der Waals surface area contributed by atoms with E-state index in [0.29, 0.717) is 18.1 Å². The van der Waals surface area contributed by atoms with Crippen molar-refractivity contribution in [2.75, 3.05) is 13.7 Å². The van der Waals surface area contributed by atoms with Crippen LogP contribution in [0.2, 0.25) is 5.02 Å². The van der Waals surface area contributed by atoms with Crippen LogP contribution in [-0.4, -0.2) is 30.5 Å². The monoisotopic (exact) mass is 393 g/mol. The Kier molecular flexibility index (Phi) is 6.56. The van der Waals surface area contributed by atoms with Crippen molar-refractivity contribution in [3.05, 3.63) is 62.7 Å². The molecular formula is C17H16ClN3O6. The van der Waals surface area contributed by atoms with E-state index in [0.717, 1.165) is 12.1 Å². The van der Waals surface area contributed by atoms with Crippen LogP contribution in [0.5, 0.6) is 11.5 Å². The molecule has 0 aliphatic carbocycles. The molecule has 142 valence electrons. The van der Waals surface area contributed by atoms with E-state index < -0.39 is 22.4 Å². The van der Waals surface area contributed by atoms with Crippen LogP contribution in [0.15, 0.2) is 36.4 Å². The molecule has 10 heteroatoms. The fourth-order valence-electron chi connectivity index (χ4n) is 2.19. The van der Waals surface area contributed by atoms with Crippen molar-refractivity contribution in [3.63, 3.8) is 0 Å². The second-order valence-corrected chi connectivity index (χ2v) is 5.56. The van der Waals surface area contributed by atoms with E-state index in [1.807, 2.05) is 6.92 Å². The molecule has 0 heterocycles. The van der Waals surface area contributed by atoms with Gasteiger partial charge in [0, 0.05) is 16.7 Å². The van der Waals surface area contributed by atoms with Crippen molar-refractivity contribution in [3.8, 4) is 11.5 Å². The summed E-state index contributed by atoms with van der Waals surface area (Å²) < 4.78 is 10.5. The zero-order valence-corrected chi connectivity index (χ0v) is 15.2. The Morgan fingerprint density at radius 3 is 2.44 bits per heavy atom. The number of nitrogens with zero attached hydrogens (tertiary/aromatic N) is 1. The summed E-state index contributed by atoms with van der Waals surface area (Å²) in [6.07, 6.45) is 0. The number of hydrogen-bond acceptors (Lipinski definition) is 6. The smallest absolute Gasteiger partial charge is 0.282 e. The molecule has 2 rings (SSSR count). The summed E-state index contributed by atoms with van der Waals surface area (Å²) in [6.45, 7) is 2.24.